The van der Waals surface area contributed by atoms with Gasteiger partial charge in [-0.15, -0.1) is 0 Å². The van der Waals surface area contributed by atoms with Crippen molar-refractivity contribution in [1.82, 2.24) is 4.98 Å². The monoisotopic (exact) mass is 171 g/mol. The largest absolute Gasteiger partial charge is 0.384 e. The summed E-state index contributed by atoms with van der Waals surface area (Å²) in [7, 11) is -1.05. The van der Waals surface area contributed by atoms with Crippen molar-refractivity contribution < 1.29 is 4.21 Å². The fourth-order valence-corrected chi connectivity index (χ4v) is 1.08. The SMILES string of the molecule is CS(=O)Nc1ccc(N)nc1. The molecule has 0 saturated carbocycles. The normalized spacial score (nSPS) is 12.5. The maximum Gasteiger partial charge on any atom is 0.123 e. The van der Waals surface area contributed by atoms with Crippen molar-refractivity contribution in [3.8, 4) is 0 Å². The van der Waals surface area contributed by atoms with Crippen LogP contribution in [0.2, 0.25) is 0 Å². The molecule has 1 aromatic rings. The standard InChI is InChI=1S/C6H9N3OS/c1-11(10)9-5-2-3-6(7)8-4-5/h2-4,9H,1H3,(H2,7,8). The number of hydrogen-bond donors (Lipinski definition) is 2. The summed E-state index contributed by atoms with van der Waals surface area (Å²) < 4.78 is 13.3. The van der Waals surface area contributed by atoms with Crippen molar-refractivity contribution in [2.75, 3.05) is 16.7 Å². The molecule has 0 spiro atoms. The van der Waals surface area contributed by atoms with Crippen molar-refractivity contribution in [3.63, 3.8) is 0 Å². The van der Waals surface area contributed by atoms with Crippen LogP contribution in [-0.2, 0) is 11.0 Å². The van der Waals surface area contributed by atoms with Gasteiger partial charge in [0.1, 0.15) is 16.8 Å². The topological polar surface area (TPSA) is 68.0 Å². The van der Waals surface area contributed by atoms with Gasteiger partial charge in [0.25, 0.3) is 0 Å². The Morgan fingerprint density at radius 1 is 1.64 bits per heavy atom. The van der Waals surface area contributed by atoms with Crippen molar-refractivity contribution in [2.24, 2.45) is 0 Å². The Kier molecular flexibility index (Phi) is 2.43. The quantitative estimate of drug-likeness (QED) is 0.675. The number of nitrogen functional groups attached to an aromatic ring is 1. The molecule has 1 atom stereocenters. The van der Waals surface area contributed by atoms with Gasteiger partial charge in [0.2, 0.25) is 0 Å². The van der Waals surface area contributed by atoms with Crippen molar-refractivity contribution in [3.05, 3.63) is 18.3 Å². The van der Waals surface area contributed by atoms with E-state index in [1.165, 1.54) is 6.20 Å². The lowest BCUT2D eigenvalue weighted by atomic mass is 10.4. The predicted molar refractivity (Wildman–Crippen MR) is 46.3 cm³/mol. The van der Waals surface area contributed by atoms with Gasteiger partial charge < -0.3 is 10.5 Å². The summed E-state index contributed by atoms with van der Waals surface area (Å²) in [6.45, 7) is 0. The van der Waals surface area contributed by atoms with Gasteiger partial charge in [-0.3, -0.25) is 0 Å². The summed E-state index contributed by atoms with van der Waals surface area (Å²) in [6, 6.07) is 3.37. The highest BCUT2D eigenvalue weighted by atomic mass is 32.2. The number of pyridine rings is 1. The predicted octanol–water partition coefficient (Wildman–Crippen LogP) is 0.369. The van der Waals surface area contributed by atoms with Gasteiger partial charge in [-0.2, -0.15) is 0 Å². The zero-order valence-corrected chi connectivity index (χ0v) is 6.89. The molecular formula is C6H9N3OS. The fourth-order valence-electron chi connectivity index (χ4n) is 0.632. The number of hydrogen-bond acceptors (Lipinski definition) is 3. The molecule has 1 aromatic heterocycles. The molecule has 0 aromatic carbocycles. The van der Waals surface area contributed by atoms with Crippen molar-refractivity contribution in [2.45, 2.75) is 0 Å². The van der Waals surface area contributed by atoms with Crippen LogP contribution in [0, 0.1) is 0 Å². The van der Waals surface area contributed by atoms with E-state index in [4.69, 9.17) is 5.73 Å². The van der Waals surface area contributed by atoms with E-state index < -0.39 is 11.0 Å². The van der Waals surface area contributed by atoms with Gasteiger partial charge >= 0.3 is 0 Å². The molecule has 4 nitrogen and oxygen atoms in total. The van der Waals surface area contributed by atoms with Crippen molar-refractivity contribution >= 4 is 22.5 Å². The lowest BCUT2D eigenvalue weighted by Gasteiger charge is -2.00. The third-order valence-electron chi connectivity index (χ3n) is 1.05. The third kappa shape index (κ3) is 2.55. The number of nitrogens with one attached hydrogen (secondary N) is 1. The van der Waals surface area contributed by atoms with E-state index in [-0.39, 0.29) is 0 Å². The summed E-state index contributed by atoms with van der Waals surface area (Å²) in [4.78, 5) is 3.81. The van der Waals surface area contributed by atoms with Crippen molar-refractivity contribution in [1.29, 1.82) is 0 Å². The summed E-state index contributed by atoms with van der Waals surface area (Å²) in [5.74, 6) is 0.456. The average molecular weight is 171 g/mol. The van der Waals surface area contributed by atoms with Crippen LogP contribution in [0.5, 0.6) is 0 Å². The molecule has 1 rings (SSSR count). The van der Waals surface area contributed by atoms with Crippen LogP contribution in [0.1, 0.15) is 0 Å². The summed E-state index contributed by atoms with van der Waals surface area (Å²) in [5, 5.41) is 0. The molecule has 1 unspecified atom stereocenters. The number of rotatable bonds is 2. The van der Waals surface area contributed by atoms with Crippen LogP contribution in [0.25, 0.3) is 0 Å². The zero-order valence-electron chi connectivity index (χ0n) is 6.07. The highest BCUT2D eigenvalue weighted by Crippen LogP contribution is 2.06. The van der Waals surface area contributed by atoms with Gasteiger partial charge in [-0.05, 0) is 12.1 Å². The minimum absolute atomic E-state index is 0.456. The molecule has 5 heteroatoms. The first kappa shape index (κ1) is 8.00. The van der Waals surface area contributed by atoms with Crippen LogP contribution in [0.15, 0.2) is 18.3 Å². The lowest BCUT2D eigenvalue weighted by Crippen LogP contribution is -2.01. The smallest absolute Gasteiger partial charge is 0.123 e. The van der Waals surface area contributed by atoms with Gasteiger partial charge in [0.15, 0.2) is 0 Å². The van der Waals surface area contributed by atoms with Gasteiger partial charge in [-0.1, -0.05) is 0 Å². The van der Waals surface area contributed by atoms with E-state index in [2.05, 4.69) is 9.71 Å². The molecular weight excluding hydrogens is 162 g/mol. The van der Waals surface area contributed by atoms with Crippen LogP contribution >= 0.6 is 0 Å². The molecule has 0 radical (unpaired) electrons. The number of nitrogens with zero attached hydrogens (tertiary/aromatic N) is 1. The fraction of sp³-hybridized carbons (Fsp3) is 0.167. The van der Waals surface area contributed by atoms with Crippen LogP contribution in [-0.4, -0.2) is 15.4 Å². The maximum atomic E-state index is 10.6. The second kappa shape index (κ2) is 3.34. The molecule has 0 aliphatic heterocycles. The summed E-state index contributed by atoms with van der Waals surface area (Å²) in [6.07, 6.45) is 3.09. The van der Waals surface area contributed by atoms with E-state index in [9.17, 15) is 4.21 Å². The molecule has 3 N–H and O–H groups in total. The Hall–Kier alpha value is -1.10. The molecule has 60 valence electrons. The summed E-state index contributed by atoms with van der Waals surface area (Å²) in [5.41, 5.74) is 6.05. The molecule has 11 heavy (non-hydrogen) atoms. The van der Waals surface area contributed by atoms with Crippen LogP contribution < -0.4 is 10.5 Å². The maximum absolute atomic E-state index is 10.6. The Morgan fingerprint density at radius 2 is 2.36 bits per heavy atom. The van der Waals surface area contributed by atoms with E-state index in [1.54, 1.807) is 18.4 Å². The van der Waals surface area contributed by atoms with Crippen LogP contribution in [0.4, 0.5) is 11.5 Å². The number of anilines is 2. The summed E-state index contributed by atoms with van der Waals surface area (Å²) >= 11 is 0. The first-order valence-corrected chi connectivity index (χ1v) is 4.56. The highest BCUT2D eigenvalue weighted by molar-refractivity contribution is 7.85. The van der Waals surface area contributed by atoms with Gasteiger partial charge in [-0.25, -0.2) is 9.19 Å². The number of nitrogens with two attached hydrogens (primary N) is 1. The van der Waals surface area contributed by atoms with Gasteiger partial charge in [0.05, 0.1) is 11.9 Å². The third-order valence-corrected chi connectivity index (χ3v) is 1.57. The van der Waals surface area contributed by atoms with Gasteiger partial charge in [0, 0.05) is 6.26 Å². The first-order valence-electron chi connectivity index (χ1n) is 3.00. The molecule has 1 heterocycles. The zero-order chi connectivity index (χ0) is 8.27. The van der Waals surface area contributed by atoms with E-state index in [0.717, 1.165) is 0 Å². The Labute approximate surface area is 67.4 Å². The minimum Gasteiger partial charge on any atom is -0.384 e. The molecule has 0 bridgehead atoms. The lowest BCUT2D eigenvalue weighted by molar-refractivity contribution is 0.690. The second-order valence-electron chi connectivity index (χ2n) is 2.03. The molecule has 0 saturated heterocycles. The first-order chi connectivity index (χ1) is 5.18. The molecule has 0 fully saturated rings. The molecule has 0 amide bonds. The highest BCUT2D eigenvalue weighted by Gasteiger charge is 1.92. The number of aromatic nitrogens is 1. The minimum atomic E-state index is -1.05. The van der Waals surface area contributed by atoms with E-state index in [0.29, 0.717) is 11.5 Å². The van der Waals surface area contributed by atoms with Crippen LogP contribution in [0.3, 0.4) is 0 Å². The Morgan fingerprint density at radius 3 is 2.82 bits per heavy atom. The van der Waals surface area contributed by atoms with E-state index in [1.807, 2.05) is 0 Å². The van der Waals surface area contributed by atoms with E-state index >= 15 is 0 Å². The molecule has 0 aliphatic carbocycles. The Balaban J connectivity index is 2.74. The molecule has 0 aliphatic rings. The second-order valence-corrected chi connectivity index (χ2v) is 3.14. The average Bonchev–Trinajstić information content (AvgIpc) is 1.93. The Bertz CT molecular complexity index is 259.